The van der Waals surface area contributed by atoms with Crippen LogP contribution < -0.4 is 10.2 Å². The number of piperidine rings is 1. The topological polar surface area (TPSA) is 75.2 Å². The van der Waals surface area contributed by atoms with Gasteiger partial charge in [0.25, 0.3) is 5.91 Å². The lowest BCUT2D eigenvalue weighted by Crippen LogP contribution is -2.36. The molecule has 0 aliphatic carbocycles. The van der Waals surface area contributed by atoms with Crippen LogP contribution in [0.15, 0.2) is 30.3 Å². The van der Waals surface area contributed by atoms with Gasteiger partial charge in [-0.3, -0.25) is 9.59 Å². The first-order valence-corrected chi connectivity index (χ1v) is 8.95. The average Bonchev–Trinajstić information content (AvgIpc) is 2.61. The number of anilines is 2. The van der Waals surface area contributed by atoms with Gasteiger partial charge >= 0.3 is 0 Å². The Morgan fingerprint density at radius 2 is 1.92 bits per heavy atom. The number of aromatic nitrogens is 2. The van der Waals surface area contributed by atoms with E-state index >= 15 is 0 Å². The molecular formula is C20H24N4O2. The third kappa shape index (κ3) is 4.25. The Hall–Kier alpha value is -2.76. The molecule has 1 saturated heterocycles. The first kappa shape index (κ1) is 18.0. The fourth-order valence-electron chi connectivity index (χ4n) is 3.17. The first-order valence-electron chi connectivity index (χ1n) is 8.95. The Bertz CT molecular complexity index is 817. The van der Waals surface area contributed by atoms with Crippen molar-refractivity contribution in [1.29, 1.82) is 0 Å². The van der Waals surface area contributed by atoms with E-state index in [0.29, 0.717) is 28.8 Å². The highest BCUT2D eigenvalue weighted by molar-refractivity contribution is 6.03. The first-order chi connectivity index (χ1) is 12.4. The molecule has 1 unspecified atom stereocenters. The molecule has 6 nitrogen and oxygen atoms in total. The molecular weight excluding hydrogens is 328 g/mol. The zero-order valence-corrected chi connectivity index (χ0v) is 15.5. The van der Waals surface area contributed by atoms with E-state index in [1.165, 1.54) is 13.3 Å². The number of rotatable bonds is 4. The Kier molecular flexibility index (Phi) is 5.30. The van der Waals surface area contributed by atoms with E-state index in [0.717, 1.165) is 25.2 Å². The summed E-state index contributed by atoms with van der Waals surface area (Å²) in [6.45, 7) is 7.44. The molecule has 1 aliphatic heterocycles. The summed E-state index contributed by atoms with van der Waals surface area (Å²) >= 11 is 0. The van der Waals surface area contributed by atoms with E-state index in [2.05, 4.69) is 27.1 Å². The maximum absolute atomic E-state index is 12.6. The minimum Gasteiger partial charge on any atom is -0.341 e. The van der Waals surface area contributed by atoms with Gasteiger partial charge in [-0.2, -0.15) is 0 Å². The third-order valence-electron chi connectivity index (χ3n) is 4.56. The number of hydrogen-bond donors (Lipinski definition) is 1. The van der Waals surface area contributed by atoms with Crippen LogP contribution in [0.4, 0.5) is 11.6 Å². The van der Waals surface area contributed by atoms with Crippen molar-refractivity contribution in [3.05, 3.63) is 47.3 Å². The van der Waals surface area contributed by atoms with Crippen molar-refractivity contribution in [2.45, 2.75) is 33.6 Å². The lowest BCUT2D eigenvalue weighted by Gasteiger charge is -2.31. The monoisotopic (exact) mass is 352 g/mol. The van der Waals surface area contributed by atoms with Crippen molar-refractivity contribution in [3.8, 4) is 0 Å². The number of hydrogen-bond acceptors (Lipinski definition) is 5. The average molecular weight is 352 g/mol. The number of benzene rings is 1. The molecule has 1 fully saturated rings. The number of aryl methyl sites for hydroxylation is 1. The number of nitrogens with zero attached hydrogens (tertiary/aromatic N) is 3. The van der Waals surface area contributed by atoms with Gasteiger partial charge in [-0.15, -0.1) is 0 Å². The predicted molar refractivity (Wildman–Crippen MR) is 102 cm³/mol. The summed E-state index contributed by atoms with van der Waals surface area (Å²) in [6.07, 6.45) is 2.33. The number of nitrogens with one attached hydrogen (secondary N) is 1. The minimum absolute atomic E-state index is 0.00490. The van der Waals surface area contributed by atoms with Crippen LogP contribution in [0.1, 0.15) is 53.2 Å². The lowest BCUT2D eigenvalue weighted by atomic mass is 10.0. The highest BCUT2D eigenvalue weighted by atomic mass is 16.2. The van der Waals surface area contributed by atoms with E-state index in [-0.39, 0.29) is 11.7 Å². The Morgan fingerprint density at radius 3 is 2.58 bits per heavy atom. The molecule has 26 heavy (non-hydrogen) atoms. The van der Waals surface area contributed by atoms with Crippen LogP contribution in [0.3, 0.4) is 0 Å². The van der Waals surface area contributed by atoms with E-state index in [1.54, 1.807) is 30.3 Å². The molecule has 0 bridgehead atoms. The van der Waals surface area contributed by atoms with Crippen LogP contribution in [0.25, 0.3) is 0 Å². The number of Topliss-reactive ketones (excluding diaryl/α,β-unsaturated/α-hetero) is 1. The smallest absolute Gasteiger partial charge is 0.274 e. The van der Waals surface area contributed by atoms with Gasteiger partial charge in [-0.05, 0) is 62.9 Å². The molecule has 136 valence electrons. The fourth-order valence-corrected chi connectivity index (χ4v) is 3.17. The largest absolute Gasteiger partial charge is 0.341 e. The highest BCUT2D eigenvalue weighted by Gasteiger charge is 2.20. The molecule has 0 radical (unpaired) electrons. The molecule has 1 aromatic heterocycles. The molecule has 0 spiro atoms. The standard InChI is InChI=1S/C20H24N4O2/c1-13-5-4-10-24(12-13)20-21-14(2)11-18(23-20)19(26)22-17-8-6-16(7-9-17)15(3)25/h6-9,11,13H,4-5,10,12H2,1-3H3,(H,22,26). The second-order valence-electron chi connectivity index (χ2n) is 6.98. The van der Waals surface area contributed by atoms with Crippen LogP contribution in [-0.2, 0) is 0 Å². The van der Waals surface area contributed by atoms with Crippen molar-refractivity contribution >= 4 is 23.3 Å². The third-order valence-corrected chi connectivity index (χ3v) is 4.56. The van der Waals surface area contributed by atoms with Gasteiger partial charge in [0.05, 0.1) is 0 Å². The van der Waals surface area contributed by atoms with Crippen molar-refractivity contribution < 1.29 is 9.59 Å². The van der Waals surface area contributed by atoms with Gasteiger partial charge in [0.1, 0.15) is 5.69 Å². The number of ketones is 1. The van der Waals surface area contributed by atoms with E-state index < -0.39 is 0 Å². The zero-order chi connectivity index (χ0) is 18.7. The van der Waals surface area contributed by atoms with Crippen LogP contribution in [0.2, 0.25) is 0 Å². The van der Waals surface area contributed by atoms with Gasteiger partial charge in [-0.25, -0.2) is 9.97 Å². The van der Waals surface area contributed by atoms with E-state index in [9.17, 15) is 9.59 Å². The van der Waals surface area contributed by atoms with Gasteiger partial charge < -0.3 is 10.2 Å². The molecule has 1 aliphatic rings. The van der Waals surface area contributed by atoms with Crippen molar-refractivity contribution in [2.24, 2.45) is 5.92 Å². The summed E-state index contributed by atoms with van der Waals surface area (Å²) in [6, 6.07) is 8.52. The van der Waals surface area contributed by atoms with Crippen LogP contribution >= 0.6 is 0 Å². The summed E-state index contributed by atoms with van der Waals surface area (Å²) < 4.78 is 0. The van der Waals surface area contributed by atoms with Gasteiger partial charge in [0.2, 0.25) is 5.95 Å². The molecule has 0 saturated carbocycles. The number of carbonyl (C=O) groups excluding carboxylic acids is 2. The number of carbonyl (C=O) groups is 2. The van der Waals surface area contributed by atoms with E-state index in [4.69, 9.17) is 0 Å². The SMILES string of the molecule is CC(=O)c1ccc(NC(=O)c2cc(C)nc(N3CCCC(C)C3)n2)cc1. The fraction of sp³-hybridized carbons (Fsp3) is 0.400. The lowest BCUT2D eigenvalue weighted by molar-refractivity contribution is 0.101. The van der Waals surface area contributed by atoms with Crippen molar-refractivity contribution in [3.63, 3.8) is 0 Å². The van der Waals surface area contributed by atoms with Crippen molar-refractivity contribution in [2.75, 3.05) is 23.3 Å². The maximum Gasteiger partial charge on any atom is 0.274 e. The maximum atomic E-state index is 12.6. The zero-order valence-electron chi connectivity index (χ0n) is 15.5. The normalized spacial score (nSPS) is 17.0. The Morgan fingerprint density at radius 1 is 1.19 bits per heavy atom. The molecule has 2 heterocycles. The molecule has 6 heteroatoms. The molecule has 1 N–H and O–H groups in total. The summed E-state index contributed by atoms with van der Waals surface area (Å²) in [4.78, 5) is 35.1. The summed E-state index contributed by atoms with van der Waals surface area (Å²) in [5, 5.41) is 2.83. The molecule has 1 atom stereocenters. The minimum atomic E-state index is -0.280. The number of amides is 1. The molecule has 1 amide bonds. The molecule has 2 aromatic rings. The summed E-state index contributed by atoms with van der Waals surface area (Å²) in [5.41, 5.74) is 2.36. The van der Waals surface area contributed by atoms with Crippen LogP contribution in [0, 0.1) is 12.8 Å². The van der Waals surface area contributed by atoms with Crippen LogP contribution in [0.5, 0.6) is 0 Å². The van der Waals surface area contributed by atoms with Gasteiger partial charge in [-0.1, -0.05) is 6.92 Å². The summed E-state index contributed by atoms with van der Waals surface area (Å²) in [7, 11) is 0. The Labute approximate surface area is 153 Å². The summed E-state index contributed by atoms with van der Waals surface area (Å²) in [5.74, 6) is 0.936. The van der Waals surface area contributed by atoms with Gasteiger partial charge in [0, 0.05) is 30.0 Å². The Balaban J connectivity index is 1.77. The second kappa shape index (κ2) is 7.64. The molecule has 3 rings (SSSR count). The van der Waals surface area contributed by atoms with Gasteiger partial charge in [0.15, 0.2) is 5.78 Å². The van der Waals surface area contributed by atoms with Crippen molar-refractivity contribution in [1.82, 2.24) is 9.97 Å². The quantitative estimate of drug-likeness (QED) is 0.853. The second-order valence-corrected chi connectivity index (χ2v) is 6.98. The predicted octanol–water partition coefficient (Wildman–Crippen LogP) is 3.48. The molecule has 1 aromatic carbocycles. The highest BCUT2D eigenvalue weighted by Crippen LogP contribution is 2.21. The van der Waals surface area contributed by atoms with Crippen LogP contribution in [-0.4, -0.2) is 34.7 Å². The van der Waals surface area contributed by atoms with E-state index in [1.807, 2.05) is 6.92 Å².